The Labute approximate surface area is 654 Å². The Bertz CT molecular complexity index is 5440. The van der Waals surface area contributed by atoms with Crippen LogP contribution in [0.1, 0.15) is 203 Å². The molecular weight excluding hydrogens is 1320 g/mol. The largest absolute Gasteiger partial charge is 0.0654 e. The highest BCUT2D eigenvalue weighted by Crippen LogP contribution is 2.66. The molecule has 15 aromatic rings. The zero-order valence-corrected chi connectivity index (χ0v) is 66.6. The summed E-state index contributed by atoms with van der Waals surface area (Å²) in [5, 5.41) is 17.1. The van der Waals surface area contributed by atoms with E-state index < -0.39 is 0 Å². The normalized spacial score (nSPS) is 12.5. The van der Waals surface area contributed by atoms with Gasteiger partial charge >= 0.3 is 0 Å². The fraction of sp³-hybridized carbons (Fsp3) is 0.291. The van der Waals surface area contributed by atoms with Gasteiger partial charge in [-0.15, -0.1) is 0 Å². The van der Waals surface area contributed by atoms with Crippen LogP contribution in [-0.4, -0.2) is 0 Å². The molecule has 0 N–H and O–H groups in total. The first-order valence-electron chi connectivity index (χ1n) is 43.2. The van der Waals surface area contributed by atoms with Crippen molar-refractivity contribution in [2.45, 2.75) is 209 Å². The zero-order valence-electron chi connectivity index (χ0n) is 66.6. The zero-order chi connectivity index (χ0) is 74.4. The van der Waals surface area contributed by atoms with Gasteiger partial charge in [-0.05, 0) is 358 Å². The number of aryl methyl sites for hydroxylation is 8. The number of rotatable bonds is 28. The summed E-state index contributed by atoms with van der Waals surface area (Å²) in [7, 11) is 0. The van der Waals surface area contributed by atoms with E-state index >= 15 is 0 Å². The van der Waals surface area contributed by atoms with E-state index in [2.05, 4.69) is 262 Å². The standard InChI is InChI=1S/C110H106/c1-9-17-29-67-41-49-71(50-42-67)95-75-37-25-26-38-76(75)96(72-51-43-68(44-52-72)30-18-10-2)108-88-62-58-84-100-80(34-22-14-6)92-66-94-82(36-24-16-8)102-86-60-64-90-106-89(109-97(73-53-45-69(46-54-73)31-19-11-3)77-39-27-28-40-78(77)98(110(90)109)74-55-47-70(48-56-74)32-20-12-4)63-59-85(104(86)106)101(102)81(35-23-15-7)93(94)65-91(92)79(33-21-13-5)99(100)83-57-61-87(107(95)108)105(88)103(83)84/h25-28,37-66H,9-24,29-36H2,1-8H3. The topological polar surface area (TPSA) is 0 Å². The van der Waals surface area contributed by atoms with Crippen molar-refractivity contribution in [1.82, 2.24) is 0 Å². The molecule has 0 spiro atoms. The summed E-state index contributed by atoms with van der Waals surface area (Å²) >= 11 is 0. The Morgan fingerprint density at radius 2 is 0.345 bits per heavy atom. The lowest BCUT2D eigenvalue weighted by molar-refractivity contribution is 0.793. The van der Waals surface area contributed by atoms with Crippen LogP contribution in [-0.2, 0) is 51.4 Å². The Morgan fingerprint density at radius 1 is 0.164 bits per heavy atom. The Balaban J connectivity index is 0.859. The van der Waals surface area contributed by atoms with Gasteiger partial charge in [0.05, 0.1) is 0 Å². The van der Waals surface area contributed by atoms with Crippen molar-refractivity contribution in [2.75, 3.05) is 0 Å². The molecule has 19 rings (SSSR count). The molecule has 0 heterocycles. The van der Waals surface area contributed by atoms with Crippen molar-refractivity contribution in [3.8, 4) is 134 Å². The van der Waals surface area contributed by atoms with E-state index in [0.29, 0.717) is 0 Å². The van der Waals surface area contributed by atoms with Gasteiger partial charge < -0.3 is 0 Å². The van der Waals surface area contributed by atoms with E-state index in [1.165, 1.54) is 272 Å². The smallest absolute Gasteiger partial charge is 0.000740 e. The first kappa shape index (κ1) is 70.3. The van der Waals surface area contributed by atoms with Crippen LogP contribution < -0.4 is 0 Å². The van der Waals surface area contributed by atoms with Crippen molar-refractivity contribution >= 4 is 64.6 Å². The number of benzene rings is 15. The fourth-order valence-electron chi connectivity index (χ4n) is 21.1. The summed E-state index contributed by atoms with van der Waals surface area (Å²) in [5.74, 6) is 0. The van der Waals surface area contributed by atoms with Crippen molar-refractivity contribution < 1.29 is 0 Å². The summed E-state index contributed by atoms with van der Waals surface area (Å²) < 4.78 is 0. The fourth-order valence-corrected chi connectivity index (χ4v) is 21.1. The summed E-state index contributed by atoms with van der Waals surface area (Å²) in [6.07, 6.45) is 27.4. The van der Waals surface area contributed by atoms with E-state index in [9.17, 15) is 0 Å². The lowest BCUT2D eigenvalue weighted by Gasteiger charge is -2.24. The maximum atomic E-state index is 2.82. The third kappa shape index (κ3) is 11.1. The monoisotopic (exact) mass is 1430 g/mol. The summed E-state index contributed by atoms with van der Waals surface area (Å²) in [4.78, 5) is 0. The second kappa shape index (κ2) is 29.3. The maximum absolute atomic E-state index is 2.82. The molecule has 0 amide bonds. The van der Waals surface area contributed by atoms with E-state index in [-0.39, 0.29) is 0 Å². The molecule has 0 saturated carbocycles. The number of hydrogen-bond donors (Lipinski definition) is 0. The predicted octanol–water partition coefficient (Wildman–Crippen LogP) is 32.6. The van der Waals surface area contributed by atoms with Gasteiger partial charge in [-0.25, -0.2) is 0 Å². The van der Waals surface area contributed by atoms with Crippen LogP contribution in [0.2, 0.25) is 0 Å². The Hall–Kier alpha value is -10.1. The molecule has 0 bridgehead atoms. The molecule has 546 valence electrons. The molecule has 0 saturated heterocycles. The molecular formula is C110H106. The van der Waals surface area contributed by atoms with E-state index in [0.717, 1.165) is 103 Å². The van der Waals surface area contributed by atoms with Gasteiger partial charge in [-0.2, -0.15) is 0 Å². The molecule has 15 aromatic carbocycles. The SMILES string of the molecule is CCCCc1ccc(-c2c3c(c(-c4ccc(CCCC)cc4)c4ccccc24)-c2ccc4c5c(ccc-3c25)-c2c-4c(CCCC)c3cc4c(CCCC)c5c(c(CCCC)c4cc3c2CCCC)-c2ccc3c4c(ccc-5c24)-c2c-3c(-c3ccc(CCCC)cc3)c3ccccc3c2-c2ccc(CCCC)cc2)cc1. The van der Waals surface area contributed by atoms with Crippen molar-refractivity contribution in [1.29, 1.82) is 0 Å². The van der Waals surface area contributed by atoms with Crippen LogP contribution in [0.15, 0.2) is 206 Å². The molecule has 4 aliphatic carbocycles. The molecule has 4 aliphatic rings. The van der Waals surface area contributed by atoms with Crippen molar-refractivity contribution in [2.24, 2.45) is 0 Å². The van der Waals surface area contributed by atoms with Gasteiger partial charge in [0.15, 0.2) is 0 Å². The molecule has 0 fully saturated rings. The summed E-state index contributed by atoms with van der Waals surface area (Å²) in [6, 6.07) is 84.3. The van der Waals surface area contributed by atoms with Crippen LogP contribution in [0.5, 0.6) is 0 Å². The van der Waals surface area contributed by atoms with E-state index in [1.807, 2.05) is 0 Å². The highest BCUT2D eigenvalue weighted by Gasteiger charge is 2.40. The maximum Gasteiger partial charge on any atom is -0.000740 e. The number of unbranched alkanes of at least 4 members (excludes halogenated alkanes) is 8. The van der Waals surface area contributed by atoms with Crippen LogP contribution in [0.3, 0.4) is 0 Å². The van der Waals surface area contributed by atoms with E-state index in [4.69, 9.17) is 0 Å². The van der Waals surface area contributed by atoms with Gasteiger partial charge in [0.1, 0.15) is 0 Å². The third-order valence-corrected chi connectivity index (χ3v) is 26.4. The molecule has 110 heavy (non-hydrogen) atoms. The lowest BCUT2D eigenvalue weighted by atomic mass is 9.79. The van der Waals surface area contributed by atoms with Gasteiger partial charge in [-0.3, -0.25) is 0 Å². The lowest BCUT2D eigenvalue weighted by Crippen LogP contribution is -2.03. The third-order valence-electron chi connectivity index (χ3n) is 26.4. The molecule has 0 atom stereocenters. The Kier molecular flexibility index (Phi) is 18.7. The summed E-state index contributed by atoms with van der Waals surface area (Å²) in [5.41, 5.74) is 45.6. The number of fused-ring (bicyclic) bond motifs is 16. The quantitative estimate of drug-likeness (QED) is 0.0429. The van der Waals surface area contributed by atoms with Gasteiger partial charge in [-0.1, -0.05) is 301 Å². The predicted molar refractivity (Wildman–Crippen MR) is 480 cm³/mol. The van der Waals surface area contributed by atoms with Crippen LogP contribution in [0, 0.1) is 0 Å². The van der Waals surface area contributed by atoms with Crippen molar-refractivity contribution in [3.05, 3.63) is 251 Å². The minimum atomic E-state index is 1.04. The second-order valence-electron chi connectivity index (χ2n) is 33.2. The molecule has 0 aromatic heterocycles. The minimum absolute atomic E-state index is 1.04. The average Bonchev–Trinajstić information content (AvgIpc) is 1.51. The van der Waals surface area contributed by atoms with Crippen LogP contribution in [0.4, 0.5) is 0 Å². The minimum Gasteiger partial charge on any atom is -0.0654 e. The first-order valence-corrected chi connectivity index (χ1v) is 43.2. The Morgan fingerprint density at radius 3 is 0.536 bits per heavy atom. The molecule has 0 nitrogen and oxygen atoms in total. The summed E-state index contributed by atoms with van der Waals surface area (Å²) in [6.45, 7) is 18.9. The number of hydrogen-bond acceptors (Lipinski definition) is 0. The highest BCUT2D eigenvalue weighted by atomic mass is 14.4. The average molecular weight is 1430 g/mol. The molecule has 0 aliphatic heterocycles. The van der Waals surface area contributed by atoms with Crippen molar-refractivity contribution in [3.63, 3.8) is 0 Å². The second-order valence-corrected chi connectivity index (χ2v) is 33.2. The highest BCUT2D eigenvalue weighted by molar-refractivity contribution is 6.36. The first-order chi connectivity index (χ1) is 54.3. The van der Waals surface area contributed by atoms with Crippen LogP contribution >= 0.6 is 0 Å². The van der Waals surface area contributed by atoms with Crippen LogP contribution in [0.25, 0.3) is 198 Å². The van der Waals surface area contributed by atoms with Gasteiger partial charge in [0.25, 0.3) is 0 Å². The van der Waals surface area contributed by atoms with Gasteiger partial charge in [0.2, 0.25) is 0 Å². The molecule has 0 unspecified atom stereocenters. The van der Waals surface area contributed by atoms with E-state index in [1.54, 1.807) is 22.3 Å². The van der Waals surface area contributed by atoms with Gasteiger partial charge in [0, 0.05) is 0 Å². The molecule has 0 heteroatoms. The molecule has 0 radical (unpaired) electrons.